The van der Waals surface area contributed by atoms with E-state index in [0.29, 0.717) is 24.1 Å². The molecule has 3 rings (SSSR count). The van der Waals surface area contributed by atoms with Crippen LogP contribution in [0.4, 0.5) is 13.2 Å². The summed E-state index contributed by atoms with van der Waals surface area (Å²) in [7, 11) is 0. The van der Waals surface area contributed by atoms with Crippen molar-refractivity contribution in [2.45, 2.75) is 32.9 Å². The first-order chi connectivity index (χ1) is 12.9. The quantitative estimate of drug-likeness (QED) is 0.605. The molecule has 0 radical (unpaired) electrons. The predicted octanol–water partition coefficient (Wildman–Crippen LogP) is 5.55. The number of alkyl halides is 3. The van der Waals surface area contributed by atoms with Gasteiger partial charge >= 0.3 is 6.18 Å². The molecule has 27 heavy (non-hydrogen) atoms. The minimum Gasteiger partial charge on any atom is -0.283 e. The van der Waals surface area contributed by atoms with Crippen LogP contribution in [0.2, 0.25) is 0 Å². The fourth-order valence-corrected chi connectivity index (χ4v) is 3.22. The lowest BCUT2D eigenvalue weighted by molar-refractivity contribution is -0.141. The van der Waals surface area contributed by atoms with Crippen molar-refractivity contribution in [1.82, 2.24) is 9.55 Å². The summed E-state index contributed by atoms with van der Waals surface area (Å²) in [6.45, 7) is 3.88. The van der Waals surface area contributed by atoms with Crippen LogP contribution in [0.15, 0.2) is 48.5 Å². The highest BCUT2D eigenvalue weighted by Crippen LogP contribution is 2.37. The molecule has 0 saturated carbocycles. The maximum Gasteiger partial charge on any atom is 0.436 e. The van der Waals surface area contributed by atoms with Crippen molar-refractivity contribution in [1.29, 1.82) is 5.26 Å². The van der Waals surface area contributed by atoms with E-state index in [9.17, 15) is 18.4 Å². The van der Waals surface area contributed by atoms with E-state index in [1.807, 2.05) is 32.0 Å². The fourth-order valence-electron chi connectivity index (χ4n) is 3.22. The Morgan fingerprint density at radius 1 is 0.963 bits per heavy atom. The van der Waals surface area contributed by atoms with Crippen LogP contribution >= 0.6 is 0 Å². The number of para-hydroxylation sites is 1. The molecule has 0 bridgehead atoms. The van der Waals surface area contributed by atoms with Gasteiger partial charge in [0.25, 0.3) is 0 Å². The summed E-state index contributed by atoms with van der Waals surface area (Å²) in [4.78, 5) is 3.87. The molecule has 138 valence electrons. The average Bonchev–Trinajstić information content (AvgIpc) is 3.07. The normalized spacial score (nSPS) is 11.4. The van der Waals surface area contributed by atoms with E-state index < -0.39 is 17.6 Å². The minimum atomic E-state index is -4.71. The number of nitriles is 1. The van der Waals surface area contributed by atoms with Gasteiger partial charge in [-0.3, -0.25) is 4.57 Å². The maximum atomic E-state index is 13.6. The highest BCUT2D eigenvalue weighted by Gasteiger charge is 2.40. The highest BCUT2D eigenvalue weighted by atomic mass is 19.4. The van der Waals surface area contributed by atoms with E-state index >= 15 is 0 Å². The molecule has 0 atom stereocenters. The molecule has 0 unspecified atom stereocenters. The number of benzene rings is 2. The number of imidazole rings is 1. The Balaban J connectivity index is 2.46. The van der Waals surface area contributed by atoms with Crippen molar-refractivity contribution in [3.05, 3.63) is 71.0 Å². The third-order valence-electron chi connectivity index (χ3n) is 4.47. The van der Waals surface area contributed by atoms with Gasteiger partial charge < -0.3 is 0 Å². The summed E-state index contributed by atoms with van der Waals surface area (Å²) in [5.74, 6) is 0.120. The first kappa shape index (κ1) is 18.7. The third-order valence-corrected chi connectivity index (χ3v) is 4.47. The van der Waals surface area contributed by atoms with Crippen LogP contribution in [0.1, 0.15) is 36.4 Å². The summed E-state index contributed by atoms with van der Waals surface area (Å²) < 4.78 is 42.2. The summed E-state index contributed by atoms with van der Waals surface area (Å²) in [5, 5.41) is 9.60. The molecule has 6 heteroatoms. The summed E-state index contributed by atoms with van der Waals surface area (Å²) in [6.07, 6.45) is -3.46. The lowest BCUT2D eigenvalue weighted by Crippen LogP contribution is -2.11. The van der Waals surface area contributed by atoms with Crippen molar-refractivity contribution in [3.63, 3.8) is 0 Å². The van der Waals surface area contributed by atoms with Gasteiger partial charge in [-0.25, -0.2) is 4.98 Å². The molecule has 0 spiro atoms. The Morgan fingerprint density at radius 3 is 2.04 bits per heavy atom. The molecule has 3 nitrogen and oxygen atoms in total. The van der Waals surface area contributed by atoms with Gasteiger partial charge in [0.2, 0.25) is 0 Å². The highest BCUT2D eigenvalue weighted by molar-refractivity contribution is 5.65. The second-order valence-electron chi connectivity index (χ2n) is 6.08. The molecule has 0 N–H and O–H groups in total. The van der Waals surface area contributed by atoms with Gasteiger partial charge in [0, 0.05) is 5.56 Å². The standard InChI is InChI=1S/C21H18F3N3/c1-3-14-11-8-12-15(4-2)18(14)27-17(13-25)19(21(22,23)24)26-20(27)16-9-6-5-7-10-16/h5-12H,3-4H2,1-2H3. The molecule has 0 amide bonds. The molecular weight excluding hydrogens is 351 g/mol. The maximum absolute atomic E-state index is 13.6. The van der Waals surface area contributed by atoms with Gasteiger partial charge in [-0.05, 0) is 24.0 Å². The van der Waals surface area contributed by atoms with E-state index in [1.165, 1.54) is 4.57 Å². The van der Waals surface area contributed by atoms with Crippen LogP contribution < -0.4 is 0 Å². The largest absolute Gasteiger partial charge is 0.436 e. The Bertz CT molecular complexity index is 974. The van der Waals surface area contributed by atoms with E-state index in [1.54, 1.807) is 36.4 Å². The molecule has 0 aliphatic heterocycles. The van der Waals surface area contributed by atoms with Crippen LogP contribution in [0.25, 0.3) is 17.1 Å². The number of hydrogen-bond acceptors (Lipinski definition) is 2. The van der Waals surface area contributed by atoms with Gasteiger partial charge in [-0.15, -0.1) is 0 Å². The number of aromatic nitrogens is 2. The first-order valence-electron chi connectivity index (χ1n) is 8.68. The topological polar surface area (TPSA) is 41.6 Å². The number of aryl methyl sites for hydroxylation is 2. The van der Waals surface area contributed by atoms with Gasteiger partial charge in [0.15, 0.2) is 11.4 Å². The van der Waals surface area contributed by atoms with Crippen molar-refractivity contribution in [2.24, 2.45) is 0 Å². The Hall–Kier alpha value is -3.07. The third kappa shape index (κ3) is 3.33. The lowest BCUT2D eigenvalue weighted by Gasteiger charge is -2.17. The predicted molar refractivity (Wildman–Crippen MR) is 97.5 cm³/mol. The van der Waals surface area contributed by atoms with Crippen molar-refractivity contribution < 1.29 is 13.2 Å². The van der Waals surface area contributed by atoms with Crippen molar-refractivity contribution in [3.8, 4) is 23.1 Å². The summed E-state index contributed by atoms with van der Waals surface area (Å²) >= 11 is 0. The second kappa shape index (κ2) is 7.28. The van der Waals surface area contributed by atoms with Crippen LogP contribution in [-0.4, -0.2) is 9.55 Å². The number of rotatable bonds is 4. The van der Waals surface area contributed by atoms with Gasteiger partial charge in [0.1, 0.15) is 11.9 Å². The lowest BCUT2D eigenvalue weighted by atomic mass is 10.0. The molecule has 2 aromatic carbocycles. The SMILES string of the molecule is CCc1cccc(CC)c1-n1c(-c2ccccc2)nc(C(F)(F)F)c1C#N. The molecule has 0 aliphatic carbocycles. The zero-order valence-electron chi connectivity index (χ0n) is 15.0. The fraction of sp³-hybridized carbons (Fsp3) is 0.238. The molecule has 0 saturated heterocycles. The minimum absolute atomic E-state index is 0.120. The molecular formula is C21H18F3N3. The van der Waals surface area contributed by atoms with E-state index in [2.05, 4.69) is 4.98 Å². The van der Waals surface area contributed by atoms with E-state index in [4.69, 9.17) is 0 Å². The molecule has 0 fully saturated rings. The summed E-state index contributed by atoms with van der Waals surface area (Å²) in [6, 6.07) is 16.0. The average molecular weight is 369 g/mol. The van der Waals surface area contributed by atoms with Crippen LogP contribution in [0.3, 0.4) is 0 Å². The Labute approximate surface area is 155 Å². The Kier molecular flexibility index (Phi) is 5.04. The van der Waals surface area contributed by atoms with Crippen molar-refractivity contribution >= 4 is 0 Å². The number of hydrogen-bond donors (Lipinski definition) is 0. The van der Waals surface area contributed by atoms with Gasteiger partial charge in [-0.2, -0.15) is 18.4 Å². The molecule has 3 aromatic rings. The molecule has 1 heterocycles. The zero-order chi connectivity index (χ0) is 19.6. The molecule has 0 aliphatic rings. The van der Waals surface area contributed by atoms with Crippen LogP contribution in [-0.2, 0) is 19.0 Å². The smallest absolute Gasteiger partial charge is 0.283 e. The monoisotopic (exact) mass is 369 g/mol. The van der Waals surface area contributed by atoms with Crippen LogP contribution in [0, 0.1) is 11.3 Å². The first-order valence-corrected chi connectivity index (χ1v) is 8.68. The van der Waals surface area contributed by atoms with Crippen molar-refractivity contribution in [2.75, 3.05) is 0 Å². The van der Waals surface area contributed by atoms with E-state index in [0.717, 1.165) is 11.1 Å². The summed E-state index contributed by atoms with van der Waals surface area (Å²) in [5.41, 5.74) is 1.23. The Morgan fingerprint density at radius 2 is 1.56 bits per heavy atom. The number of halogens is 3. The molecule has 1 aromatic heterocycles. The van der Waals surface area contributed by atoms with Gasteiger partial charge in [0.05, 0.1) is 5.69 Å². The second-order valence-corrected chi connectivity index (χ2v) is 6.08. The van der Waals surface area contributed by atoms with Crippen LogP contribution in [0.5, 0.6) is 0 Å². The zero-order valence-corrected chi connectivity index (χ0v) is 15.0. The van der Waals surface area contributed by atoms with E-state index in [-0.39, 0.29) is 5.82 Å². The van der Waals surface area contributed by atoms with Gasteiger partial charge in [-0.1, -0.05) is 62.4 Å². The number of nitrogens with zero attached hydrogens (tertiary/aromatic N) is 3.